The van der Waals surface area contributed by atoms with Crippen molar-refractivity contribution in [3.8, 4) is 0 Å². The Morgan fingerprint density at radius 2 is 1.59 bits per heavy atom. The molecule has 37 heavy (non-hydrogen) atoms. The molecule has 1 aliphatic heterocycles. The van der Waals surface area contributed by atoms with Gasteiger partial charge in [-0.1, -0.05) is 24.6 Å². The largest absolute Gasteiger partial charge is 0.508 e. The molecule has 6 heteroatoms. The lowest BCUT2D eigenvalue weighted by atomic mass is 9.48. The molecule has 1 aromatic carbocycles. The van der Waals surface area contributed by atoms with E-state index in [2.05, 4.69) is 11.8 Å². The number of aryl methyl sites for hydroxylation is 1. The molecule has 6 rings (SSSR count). The Hall–Kier alpha value is -2.08. The highest BCUT2D eigenvalue weighted by atomic mass is 16.7. The first-order valence-electron chi connectivity index (χ1n) is 14.6. The van der Waals surface area contributed by atoms with E-state index in [1.54, 1.807) is 0 Å². The van der Waals surface area contributed by atoms with Gasteiger partial charge >= 0.3 is 12.1 Å². The second-order valence-electron chi connectivity index (χ2n) is 12.7. The summed E-state index contributed by atoms with van der Waals surface area (Å²) in [6, 6.07) is 5.97. The lowest BCUT2D eigenvalue weighted by molar-refractivity contribution is -0.147. The van der Waals surface area contributed by atoms with Crippen molar-refractivity contribution in [2.45, 2.75) is 91.3 Å². The third-order valence-electron chi connectivity index (χ3n) is 9.47. The molecule has 1 heterocycles. The summed E-state index contributed by atoms with van der Waals surface area (Å²) >= 11 is 0. The van der Waals surface area contributed by atoms with Gasteiger partial charge in [0.1, 0.15) is 13.2 Å². The van der Waals surface area contributed by atoms with Crippen LogP contribution in [0, 0.1) is 36.0 Å². The lowest BCUT2D eigenvalue weighted by Gasteiger charge is -2.57. The summed E-state index contributed by atoms with van der Waals surface area (Å²) in [4.78, 5) is 27.2. The number of hydrogen-bond donors (Lipinski definition) is 0. The van der Waals surface area contributed by atoms with Crippen LogP contribution in [0.5, 0.6) is 0 Å². The summed E-state index contributed by atoms with van der Waals surface area (Å²) < 4.78 is 16.4. The van der Waals surface area contributed by atoms with Gasteiger partial charge in [-0.2, -0.15) is 0 Å². The van der Waals surface area contributed by atoms with Gasteiger partial charge in [0.15, 0.2) is 0 Å². The van der Waals surface area contributed by atoms with Crippen molar-refractivity contribution in [2.75, 3.05) is 26.2 Å². The minimum absolute atomic E-state index is 0.0945. The van der Waals surface area contributed by atoms with Gasteiger partial charge in [0.05, 0.1) is 6.61 Å². The number of rotatable bonds is 10. The van der Waals surface area contributed by atoms with Crippen LogP contribution in [0.1, 0.15) is 87.8 Å². The average Bonchev–Trinajstić information content (AvgIpc) is 2.87. The molecule has 1 atom stereocenters. The van der Waals surface area contributed by atoms with Crippen molar-refractivity contribution < 1.29 is 23.8 Å². The Labute approximate surface area is 222 Å². The summed E-state index contributed by atoms with van der Waals surface area (Å²) in [7, 11) is 0. The lowest BCUT2D eigenvalue weighted by Crippen LogP contribution is -2.46. The Kier molecular flexibility index (Phi) is 8.43. The SMILES string of the molecule is CCN1CCCC(COC(=O)OCc2cc(C)cc(COC(=O)CCC34CC5CC(CC(C5)C3)C4)c2)C1. The van der Waals surface area contributed by atoms with E-state index >= 15 is 0 Å². The topological polar surface area (TPSA) is 65.1 Å². The Morgan fingerprint density at radius 3 is 2.24 bits per heavy atom. The van der Waals surface area contributed by atoms with E-state index < -0.39 is 6.16 Å². The summed E-state index contributed by atoms with van der Waals surface area (Å²) in [6.45, 7) is 8.13. The maximum atomic E-state index is 12.6. The number of carbonyl (C=O) groups is 2. The number of benzene rings is 1. The molecule has 0 amide bonds. The van der Waals surface area contributed by atoms with E-state index in [1.807, 2.05) is 25.1 Å². The second kappa shape index (κ2) is 11.8. The predicted octanol–water partition coefficient (Wildman–Crippen LogP) is 6.42. The predicted molar refractivity (Wildman–Crippen MR) is 142 cm³/mol. The summed E-state index contributed by atoms with van der Waals surface area (Å²) in [5.41, 5.74) is 3.27. The third kappa shape index (κ3) is 7.07. The maximum Gasteiger partial charge on any atom is 0.508 e. The number of nitrogens with zero attached hydrogens (tertiary/aromatic N) is 1. The standard InChI is InChI=1S/C31H45NO5/c1-3-32-8-4-5-23(18-32)19-36-30(34)37-21-28-10-22(2)9-27(14-28)20-35-29(33)6-7-31-15-24-11-25(16-31)13-26(12-24)17-31/h9-10,14,23-26H,3-8,11-13,15-21H2,1-2H3. The van der Waals surface area contributed by atoms with Crippen molar-refractivity contribution in [3.05, 3.63) is 34.9 Å². The van der Waals surface area contributed by atoms with Crippen LogP contribution in [-0.4, -0.2) is 43.3 Å². The first-order valence-corrected chi connectivity index (χ1v) is 14.6. The van der Waals surface area contributed by atoms with Gasteiger partial charge in [0.25, 0.3) is 0 Å². The number of likely N-dealkylation sites (tertiary alicyclic amines) is 1. The minimum Gasteiger partial charge on any atom is -0.461 e. The van der Waals surface area contributed by atoms with Crippen molar-refractivity contribution in [2.24, 2.45) is 29.1 Å². The fourth-order valence-corrected chi connectivity index (χ4v) is 8.26. The van der Waals surface area contributed by atoms with Gasteiger partial charge in [-0.15, -0.1) is 0 Å². The Bertz CT molecular complexity index is 924. The molecule has 0 spiro atoms. The number of piperidine rings is 1. The van der Waals surface area contributed by atoms with E-state index in [0.29, 0.717) is 24.4 Å². The Morgan fingerprint density at radius 1 is 0.946 bits per heavy atom. The van der Waals surface area contributed by atoms with Crippen LogP contribution in [0.15, 0.2) is 18.2 Å². The second-order valence-corrected chi connectivity index (χ2v) is 12.7. The van der Waals surface area contributed by atoms with Gasteiger partial charge in [-0.3, -0.25) is 4.79 Å². The maximum absolute atomic E-state index is 12.6. The zero-order valence-electron chi connectivity index (χ0n) is 22.8. The number of hydrogen-bond acceptors (Lipinski definition) is 6. The molecule has 5 fully saturated rings. The number of carbonyl (C=O) groups excluding carboxylic acids is 2. The third-order valence-corrected chi connectivity index (χ3v) is 9.47. The van der Waals surface area contributed by atoms with Crippen molar-refractivity contribution in [3.63, 3.8) is 0 Å². The zero-order chi connectivity index (χ0) is 25.8. The molecule has 4 bridgehead atoms. The van der Waals surface area contributed by atoms with Crippen LogP contribution in [0.3, 0.4) is 0 Å². The molecule has 0 N–H and O–H groups in total. The first-order chi connectivity index (χ1) is 17.9. The van der Waals surface area contributed by atoms with Crippen LogP contribution < -0.4 is 0 Å². The highest BCUT2D eigenvalue weighted by Crippen LogP contribution is 2.61. The van der Waals surface area contributed by atoms with E-state index in [9.17, 15) is 9.59 Å². The molecule has 1 unspecified atom stereocenters. The molecule has 1 aromatic rings. The molecule has 0 radical (unpaired) electrons. The molecule has 6 nitrogen and oxygen atoms in total. The average molecular weight is 512 g/mol. The molecule has 0 aromatic heterocycles. The first kappa shape index (κ1) is 26.5. The number of ether oxygens (including phenoxy) is 3. The highest BCUT2D eigenvalue weighted by Gasteiger charge is 2.50. The molecule has 1 saturated heterocycles. The highest BCUT2D eigenvalue weighted by molar-refractivity contribution is 5.69. The summed E-state index contributed by atoms with van der Waals surface area (Å²) in [5, 5.41) is 0. The van der Waals surface area contributed by atoms with E-state index in [4.69, 9.17) is 14.2 Å². The monoisotopic (exact) mass is 511 g/mol. The van der Waals surface area contributed by atoms with E-state index in [-0.39, 0.29) is 19.2 Å². The van der Waals surface area contributed by atoms with Crippen LogP contribution >= 0.6 is 0 Å². The van der Waals surface area contributed by atoms with Crippen LogP contribution in [0.2, 0.25) is 0 Å². The quantitative estimate of drug-likeness (QED) is 0.338. The minimum atomic E-state index is -0.618. The molecule has 204 valence electrons. The normalized spacial score (nSPS) is 30.8. The smallest absolute Gasteiger partial charge is 0.461 e. The molecule has 4 aliphatic carbocycles. The summed E-state index contributed by atoms with van der Waals surface area (Å²) in [6.07, 6.45) is 11.4. The van der Waals surface area contributed by atoms with Crippen LogP contribution in [-0.2, 0) is 32.2 Å². The van der Waals surface area contributed by atoms with Crippen molar-refractivity contribution in [1.29, 1.82) is 0 Å². The van der Waals surface area contributed by atoms with Gasteiger partial charge in [-0.25, -0.2) is 4.79 Å². The van der Waals surface area contributed by atoms with Crippen molar-refractivity contribution in [1.82, 2.24) is 4.90 Å². The molecular weight excluding hydrogens is 466 g/mol. The van der Waals surface area contributed by atoms with Crippen LogP contribution in [0.25, 0.3) is 0 Å². The Balaban J connectivity index is 1.03. The fraction of sp³-hybridized carbons (Fsp3) is 0.742. The van der Waals surface area contributed by atoms with Gasteiger partial charge in [0, 0.05) is 18.9 Å². The van der Waals surface area contributed by atoms with Crippen LogP contribution in [0.4, 0.5) is 4.79 Å². The molecule has 4 saturated carbocycles. The van der Waals surface area contributed by atoms with E-state index in [0.717, 1.165) is 73.3 Å². The molecular formula is C31H45NO5. The zero-order valence-corrected chi connectivity index (χ0v) is 22.8. The van der Waals surface area contributed by atoms with Gasteiger partial charge < -0.3 is 19.1 Å². The van der Waals surface area contributed by atoms with E-state index in [1.165, 1.54) is 38.5 Å². The van der Waals surface area contributed by atoms with Gasteiger partial charge in [-0.05, 0) is 118 Å². The van der Waals surface area contributed by atoms with Crippen molar-refractivity contribution >= 4 is 12.1 Å². The number of esters is 1. The molecule has 5 aliphatic rings. The summed E-state index contributed by atoms with van der Waals surface area (Å²) in [5.74, 6) is 3.01. The fourth-order valence-electron chi connectivity index (χ4n) is 8.26. The van der Waals surface area contributed by atoms with Gasteiger partial charge in [0.2, 0.25) is 0 Å².